The number of fused-ring (bicyclic) bond motifs is 1. The molecule has 1 aliphatic rings. The first kappa shape index (κ1) is 12.7. The van der Waals surface area contributed by atoms with Gasteiger partial charge in [-0.25, -0.2) is 0 Å². The fourth-order valence-corrected chi connectivity index (χ4v) is 2.58. The molecule has 4 heteroatoms. The van der Waals surface area contributed by atoms with E-state index in [0.717, 1.165) is 36.9 Å². The second-order valence-corrected chi connectivity index (χ2v) is 5.02. The molecule has 4 nitrogen and oxygen atoms in total. The highest BCUT2D eigenvalue weighted by Crippen LogP contribution is 2.17. The summed E-state index contributed by atoms with van der Waals surface area (Å²) >= 11 is 0. The third kappa shape index (κ3) is 2.37. The van der Waals surface area contributed by atoms with Crippen LogP contribution in [0.5, 0.6) is 0 Å². The van der Waals surface area contributed by atoms with Crippen molar-refractivity contribution in [1.82, 2.24) is 4.98 Å². The fraction of sp³-hybridized carbons (Fsp3) is 0.250. The normalized spacial score (nSPS) is 13.6. The maximum Gasteiger partial charge on any atom is 0.255 e. The van der Waals surface area contributed by atoms with Crippen LogP contribution in [-0.2, 0) is 12.8 Å². The van der Waals surface area contributed by atoms with Crippen LogP contribution in [0.25, 0.3) is 0 Å². The highest BCUT2D eigenvalue weighted by molar-refractivity contribution is 6.04. The Hall–Kier alpha value is -2.36. The second kappa shape index (κ2) is 5.33. The van der Waals surface area contributed by atoms with Crippen molar-refractivity contribution in [3.8, 4) is 0 Å². The van der Waals surface area contributed by atoms with Crippen molar-refractivity contribution in [3.63, 3.8) is 0 Å². The van der Waals surface area contributed by atoms with Crippen LogP contribution in [0.3, 0.4) is 0 Å². The number of pyridine rings is 1. The van der Waals surface area contributed by atoms with Gasteiger partial charge in [0.1, 0.15) is 5.69 Å². The molecule has 3 rings (SSSR count). The van der Waals surface area contributed by atoms with Crippen LogP contribution in [0.2, 0.25) is 0 Å². The van der Waals surface area contributed by atoms with E-state index in [1.54, 1.807) is 30.5 Å². The zero-order chi connectivity index (χ0) is 13.9. The lowest BCUT2D eigenvalue weighted by Gasteiger charge is -2.15. The molecule has 0 aliphatic heterocycles. The van der Waals surface area contributed by atoms with E-state index in [4.69, 9.17) is 0 Å². The van der Waals surface area contributed by atoms with Crippen molar-refractivity contribution >= 4 is 11.6 Å². The minimum absolute atomic E-state index is 0.0530. The summed E-state index contributed by atoms with van der Waals surface area (Å²) in [6.45, 7) is 0. The summed E-state index contributed by atoms with van der Waals surface area (Å²) in [6.07, 6.45) is 5.45. The van der Waals surface area contributed by atoms with Crippen LogP contribution in [0, 0.1) is 0 Å². The molecule has 0 fully saturated rings. The zero-order valence-corrected chi connectivity index (χ0v) is 11.1. The van der Waals surface area contributed by atoms with Crippen molar-refractivity contribution in [2.24, 2.45) is 0 Å². The first-order valence-electron chi connectivity index (χ1n) is 6.85. The number of nitrogens with one attached hydrogen (secondary N) is 2. The van der Waals surface area contributed by atoms with Crippen LogP contribution in [0.15, 0.2) is 41.3 Å². The molecule has 0 atom stereocenters. The lowest BCUT2D eigenvalue weighted by Crippen LogP contribution is -2.24. The number of carbonyl (C=O) groups is 1. The van der Waals surface area contributed by atoms with E-state index < -0.39 is 0 Å². The van der Waals surface area contributed by atoms with Gasteiger partial charge in [0, 0.05) is 23.0 Å². The number of hydrogen-bond acceptors (Lipinski definition) is 2. The Bertz CT molecular complexity index is 689. The van der Waals surface area contributed by atoms with Gasteiger partial charge >= 0.3 is 0 Å². The van der Waals surface area contributed by atoms with E-state index >= 15 is 0 Å². The van der Waals surface area contributed by atoms with Crippen LogP contribution in [-0.4, -0.2) is 10.9 Å². The van der Waals surface area contributed by atoms with Crippen molar-refractivity contribution in [3.05, 3.63) is 63.6 Å². The molecule has 1 aromatic carbocycles. The van der Waals surface area contributed by atoms with Crippen LogP contribution in [0.4, 0.5) is 5.69 Å². The number of hydrogen-bond donors (Lipinski definition) is 2. The van der Waals surface area contributed by atoms with Gasteiger partial charge in [0.25, 0.3) is 5.91 Å². The second-order valence-electron chi connectivity index (χ2n) is 5.02. The van der Waals surface area contributed by atoms with Crippen molar-refractivity contribution in [1.29, 1.82) is 0 Å². The Morgan fingerprint density at radius 2 is 1.85 bits per heavy atom. The predicted octanol–water partition coefficient (Wildman–Crippen LogP) is 2.51. The SMILES string of the molecule is O=C(Nc1c[nH]c2c(c1=O)CCCC2)c1ccccc1. The third-order valence-electron chi connectivity index (χ3n) is 3.66. The number of aryl methyl sites for hydroxylation is 1. The summed E-state index contributed by atoms with van der Waals surface area (Å²) in [7, 11) is 0. The molecule has 0 unspecified atom stereocenters. The summed E-state index contributed by atoms with van der Waals surface area (Å²) in [6, 6.07) is 8.89. The summed E-state index contributed by atoms with van der Waals surface area (Å²) in [4.78, 5) is 27.6. The summed E-state index contributed by atoms with van der Waals surface area (Å²) in [5.41, 5.74) is 2.66. The van der Waals surface area contributed by atoms with Crippen LogP contribution in [0.1, 0.15) is 34.5 Å². The van der Waals surface area contributed by atoms with Crippen molar-refractivity contribution < 1.29 is 4.79 Å². The predicted molar refractivity (Wildman–Crippen MR) is 78.1 cm³/mol. The quantitative estimate of drug-likeness (QED) is 0.879. The lowest BCUT2D eigenvalue weighted by molar-refractivity contribution is 0.102. The number of amides is 1. The molecule has 1 aromatic heterocycles. The first-order chi connectivity index (χ1) is 9.75. The smallest absolute Gasteiger partial charge is 0.255 e. The molecule has 0 saturated heterocycles. The number of aromatic amines is 1. The van der Waals surface area contributed by atoms with Gasteiger partial charge in [-0.15, -0.1) is 0 Å². The number of anilines is 1. The molecule has 102 valence electrons. The Kier molecular flexibility index (Phi) is 3.37. The molecule has 0 radical (unpaired) electrons. The lowest BCUT2D eigenvalue weighted by atomic mass is 9.95. The number of carbonyl (C=O) groups excluding carboxylic acids is 1. The molecular weight excluding hydrogens is 252 g/mol. The topological polar surface area (TPSA) is 62.0 Å². The molecule has 1 amide bonds. The fourth-order valence-electron chi connectivity index (χ4n) is 2.58. The van der Waals surface area contributed by atoms with Gasteiger partial charge in [-0.05, 0) is 37.8 Å². The summed E-state index contributed by atoms with van der Waals surface area (Å²) in [5, 5.41) is 2.69. The largest absolute Gasteiger partial charge is 0.363 e. The maximum absolute atomic E-state index is 12.3. The van der Waals surface area contributed by atoms with E-state index in [1.165, 1.54) is 0 Å². The molecule has 20 heavy (non-hydrogen) atoms. The van der Waals surface area contributed by atoms with E-state index in [1.807, 2.05) is 6.07 Å². The monoisotopic (exact) mass is 268 g/mol. The molecule has 2 aromatic rings. The molecule has 1 heterocycles. The molecule has 0 spiro atoms. The molecule has 0 bridgehead atoms. The molecular formula is C16H16N2O2. The standard InChI is InChI=1S/C16H16N2O2/c19-15-12-8-4-5-9-13(12)17-10-14(15)18-16(20)11-6-2-1-3-7-11/h1-3,6-7,10H,4-5,8-9H2,(H,17,19)(H,18,20). The summed E-state index contributed by atoms with van der Waals surface area (Å²) < 4.78 is 0. The molecule has 0 saturated carbocycles. The number of rotatable bonds is 2. The zero-order valence-electron chi connectivity index (χ0n) is 11.1. The highest BCUT2D eigenvalue weighted by Gasteiger charge is 2.16. The molecule has 1 aliphatic carbocycles. The van der Waals surface area contributed by atoms with E-state index in [-0.39, 0.29) is 11.3 Å². The Balaban J connectivity index is 1.89. The minimum atomic E-state index is -0.258. The van der Waals surface area contributed by atoms with Gasteiger partial charge in [-0.3, -0.25) is 9.59 Å². The van der Waals surface area contributed by atoms with E-state index in [2.05, 4.69) is 10.3 Å². The van der Waals surface area contributed by atoms with E-state index in [0.29, 0.717) is 11.3 Å². The third-order valence-corrected chi connectivity index (χ3v) is 3.66. The molecule has 2 N–H and O–H groups in total. The Labute approximate surface area is 116 Å². The van der Waals surface area contributed by atoms with Gasteiger partial charge in [0.05, 0.1) is 0 Å². The van der Waals surface area contributed by atoms with Gasteiger partial charge in [0.15, 0.2) is 0 Å². The van der Waals surface area contributed by atoms with Gasteiger partial charge in [-0.2, -0.15) is 0 Å². The minimum Gasteiger partial charge on any atom is -0.363 e. The number of aromatic nitrogens is 1. The Morgan fingerprint density at radius 3 is 2.65 bits per heavy atom. The van der Waals surface area contributed by atoms with Crippen LogP contribution < -0.4 is 10.7 Å². The Morgan fingerprint density at radius 1 is 1.10 bits per heavy atom. The summed E-state index contributed by atoms with van der Waals surface area (Å²) in [5.74, 6) is -0.258. The van der Waals surface area contributed by atoms with Gasteiger partial charge in [0.2, 0.25) is 5.43 Å². The highest BCUT2D eigenvalue weighted by atomic mass is 16.2. The number of H-pyrrole nitrogens is 1. The van der Waals surface area contributed by atoms with Crippen molar-refractivity contribution in [2.75, 3.05) is 5.32 Å². The van der Waals surface area contributed by atoms with E-state index in [9.17, 15) is 9.59 Å². The van der Waals surface area contributed by atoms with Gasteiger partial charge < -0.3 is 10.3 Å². The van der Waals surface area contributed by atoms with Crippen LogP contribution >= 0.6 is 0 Å². The number of benzene rings is 1. The maximum atomic E-state index is 12.3. The average molecular weight is 268 g/mol. The first-order valence-corrected chi connectivity index (χ1v) is 6.85. The average Bonchev–Trinajstić information content (AvgIpc) is 2.51. The van der Waals surface area contributed by atoms with Gasteiger partial charge in [-0.1, -0.05) is 18.2 Å². The van der Waals surface area contributed by atoms with Crippen molar-refractivity contribution in [2.45, 2.75) is 25.7 Å².